The van der Waals surface area contributed by atoms with Gasteiger partial charge in [0.25, 0.3) is 0 Å². The number of hydrogen-bond acceptors (Lipinski definition) is 2. The highest BCUT2D eigenvalue weighted by Gasteiger charge is 2.18. The van der Waals surface area contributed by atoms with Gasteiger partial charge in [-0.3, -0.25) is 0 Å². The molecule has 0 unspecified atom stereocenters. The fourth-order valence-electron chi connectivity index (χ4n) is 1.45. The monoisotopic (exact) mass is 128 g/mol. The van der Waals surface area contributed by atoms with Crippen molar-refractivity contribution >= 4 is 0 Å². The summed E-state index contributed by atoms with van der Waals surface area (Å²) in [7, 11) is 0. The molecule has 0 aromatic carbocycles. The third-order valence-corrected chi connectivity index (χ3v) is 1.98. The molecule has 2 heteroatoms. The highest BCUT2D eigenvalue weighted by molar-refractivity contribution is 4.80. The van der Waals surface area contributed by atoms with Crippen LogP contribution in [0.4, 0.5) is 0 Å². The molecule has 0 amide bonds. The summed E-state index contributed by atoms with van der Waals surface area (Å²) < 4.78 is 0. The van der Waals surface area contributed by atoms with Crippen molar-refractivity contribution in [2.45, 2.75) is 38.3 Å². The van der Waals surface area contributed by atoms with Crippen LogP contribution >= 0.6 is 0 Å². The molecule has 0 aliphatic carbocycles. The van der Waals surface area contributed by atoms with E-state index in [2.05, 4.69) is 12.2 Å². The van der Waals surface area contributed by atoms with E-state index in [9.17, 15) is 0 Å². The standard InChI is InChI=1S/C7H16N2/c1-6-2-3-7(9-6)4-5-8/h6-7,9H,2-5,8H2,1H3/t6-,7-/m1/s1. The highest BCUT2D eigenvalue weighted by Crippen LogP contribution is 2.13. The lowest BCUT2D eigenvalue weighted by Gasteiger charge is -2.08. The van der Waals surface area contributed by atoms with Crippen LogP contribution in [-0.4, -0.2) is 18.6 Å². The van der Waals surface area contributed by atoms with E-state index >= 15 is 0 Å². The number of rotatable bonds is 2. The Bertz CT molecular complexity index is 81.0. The van der Waals surface area contributed by atoms with E-state index in [-0.39, 0.29) is 0 Å². The number of nitrogens with two attached hydrogens (primary N) is 1. The zero-order valence-corrected chi connectivity index (χ0v) is 6.06. The molecular weight excluding hydrogens is 112 g/mol. The summed E-state index contributed by atoms with van der Waals surface area (Å²) in [5.41, 5.74) is 5.41. The van der Waals surface area contributed by atoms with Crippen molar-refractivity contribution in [2.75, 3.05) is 6.54 Å². The molecule has 0 aromatic heterocycles. The van der Waals surface area contributed by atoms with Crippen molar-refractivity contribution in [1.82, 2.24) is 5.32 Å². The Labute approximate surface area is 56.8 Å². The van der Waals surface area contributed by atoms with Crippen LogP contribution in [0, 0.1) is 0 Å². The third kappa shape index (κ3) is 1.95. The largest absolute Gasteiger partial charge is 0.330 e. The topological polar surface area (TPSA) is 38.0 Å². The van der Waals surface area contributed by atoms with E-state index in [4.69, 9.17) is 5.73 Å². The smallest absolute Gasteiger partial charge is 0.00821 e. The SMILES string of the molecule is C[C@@H]1CC[C@H](CCN)N1. The average molecular weight is 128 g/mol. The zero-order valence-electron chi connectivity index (χ0n) is 6.06. The normalized spacial score (nSPS) is 35.3. The van der Waals surface area contributed by atoms with Gasteiger partial charge < -0.3 is 11.1 Å². The first-order valence-corrected chi connectivity index (χ1v) is 3.79. The van der Waals surface area contributed by atoms with Crippen LogP contribution < -0.4 is 11.1 Å². The van der Waals surface area contributed by atoms with Gasteiger partial charge in [-0.2, -0.15) is 0 Å². The van der Waals surface area contributed by atoms with E-state index in [1.165, 1.54) is 12.8 Å². The predicted octanol–water partition coefficient (Wildman–Crippen LogP) is 0.476. The lowest BCUT2D eigenvalue weighted by atomic mass is 10.1. The van der Waals surface area contributed by atoms with E-state index in [1.807, 2.05) is 0 Å². The molecule has 0 radical (unpaired) electrons. The lowest BCUT2D eigenvalue weighted by Crippen LogP contribution is -2.28. The molecular formula is C7H16N2. The highest BCUT2D eigenvalue weighted by atomic mass is 15.0. The molecule has 1 rings (SSSR count). The van der Waals surface area contributed by atoms with Crippen molar-refractivity contribution < 1.29 is 0 Å². The average Bonchev–Trinajstić information content (AvgIpc) is 2.17. The molecule has 1 aliphatic rings. The fraction of sp³-hybridized carbons (Fsp3) is 1.00. The summed E-state index contributed by atoms with van der Waals surface area (Å²) in [4.78, 5) is 0. The molecule has 0 aromatic rings. The minimum Gasteiger partial charge on any atom is -0.330 e. The van der Waals surface area contributed by atoms with Crippen LogP contribution in [0.25, 0.3) is 0 Å². The second-order valence-electron chi connectivity index (χ2n) is 2.92. The summed E-state index contributed by atoms with van der Waals surface area (Å²) in [5, 5.41) is 3.47. The van der Waals surface area contributed by atoms with Crippen molar-refractivity contribution in [3.8, 4) is 0 Å². The summed E-state index contributed by atoms with van der Waals surface area (Å²) >= 11 is 0. The van der Waals surface area contributed by atoms with Crippen LogP contribution in [0.1, 0.15) is 26.2 Å². The van der Waals surface area contributed by atoms with Gasteiger partial charge in [0.1, 0.15) is 0 Å². The second-order valence-corrected chi connectivity index (χ2v) is 2.92. The Hall–Kier alpha value is -0.0800. The maximum Gasteiger partial charge on any atom is 0.00821 e. The quantitative estimate of drug-likeness (QED) is 0.567. The second kappa shape index (κ2) is 3.18. The van der Waals surface area contributed by atoms with Crippen LogP contribution in [0.5, 0.6) is 0 Å². The maximum atomic E-state index is 5.41. The van der Waals surface area contributed by atoms with Gasteiger partial charge in [0.15, 0.2) is 0 Å². The van der Waals surface area contributed by atoms with Crippen molar-refractivity contribution in [3.05, 3.63) is 0 Å². The molecule has 1 saturated heterocycles. The summed E-state index contributed by atoms with van der Waals surface area (Å²) in [5.74, 6) is 0. The van der Waals surface area contributed by atoms with Gasteiger partial charge in [0, 0.05) is 12.1 Å². The molecule has 0 saturated carbocycles. The Morgan fingerprint density at radius 2 is 2.33 bits per heavy atom. The van der Waals surface area contributed by atoms with E-state index in [0.29, 0.717) is 6.04 Å². The first-order chi connectivity index (χ1) is 4.33. The Morgan fingerprint density at radius 3 is 2.78 bits per heavy atom. The van der Waals surface area contributed by atoms with Crippen LogP contribution in [0.3, 0.4) is 0 Å². The lowest BCUT2D eigenvalue weighted by molar-refractivity contribution is 0.533. The Balaban J connectivity index is 2.14. The van der Waals surface area contributed by atoms with Gasteiger partial charge in [-0.1, -0.05) is 0 Å². The van der Waals surface area contributed by atoms with Crippen molar-refractivity contribution in [2.24, 2.45) is 5.73 Å². The first kappa shape index (κ1) is 7.03. The molecule has 1 heterocycles. The van der Waals surface area contributed by atoms with E-state index in [0.717, 1.165) is 19.0 Å². The predicted molar refractivity (Wildman–Crippen MR) is 39.3 cm³/mol. The molecule has 1 fully saturated rings. The van der Waals surface area contributed by atoms with Crippen LogP contribution in [0.2, 0.25) is 0 Å². The molecule has 2 atom stereocenters. The van der Waals surface area contributed by atoms with Gasteiger partial charge in [-0.15, -0.1) is 0 Å². The van der Waals surface area contributed by atoms with E-state index < -0.39 is 0 Å². The summed E-state index contributed by atoms with van der Waals surface area (Å²) in [6.07, 6.45) is 3.79. The third-order valence-electron chi connectivity index (χ3n) is 1.98. The molecule has 2 nitrogen and oxygen atoms in total. The minimum atomic E-state index is 0.713. The number of nitrogens with one attached hydrogen (secondary N) is 1. The van der Waals surface area contributed by atoms with Gasteiger partial charge in [-0.05, 0) is 32.7 Å². The molecule has 0 bridgehead atoms. The fourth-order valence-corrected chi connectivity index (χ4v) is 1.45. The molecule has 9 heavy (non-hydrogen) atoms. The molecule has 54 valence electrons. The van der Waals surface area contributed by atoms with Crippen molar-refractivity contribution in [1.29, 1.82) is 0 Å². The van der Waals surface area contributed by atoms with E-state index in [1.54, 1.807) is 0 Å². The molecule has 1 aliphatic heterocycles. The zero-order chi connectivity index (χ0) is 6.69. The molecule has 3 N–H and O–H groups in total. The van der Waals surface area contributed by atoms with Crippen molar-refractivity contribution in [3.63, 3.8) is 0 Å². The maximum absolute atomic E-state index is 5.41. The summed E-state index contributed by atoms with van der Waals surface area (Å²) in [6, 6.07) is 1.44. The van der Waals surface area contributed by atoms with Crippen LogP contribution in [0.15, 0.2) is 0 Å². The van der Waals surface area contributed by atoms with Gasteiger partial charge in [-0.25, -0.2) is 0 Å². The summed E-state index contributed by atoms with van der Waals surface area (Å²) in [6.45, 7) is 3.06. The van der Waals surface area contributed by atoms with Gasteiger partial charge >= 0.3 is 0 Å². The number of hydrogen-bond donors (Lipinski definition) is 2. The van der Waals surface area contributed by atoms with Gasteiger partial charge in [0.2, 0.25) is 0 Å². The Morgan fingerprint density at radius 1 is 1.56 bits per heavy atom. The first-order valence-electron chi connectivity index (χ1n) is 3.79. The van der Waals surface area contributed by atoms with Crippen LogP contribution in [-0.2, 0) is 0 Å². The Kier molecular flexibility index (Phi) is 2.49. The van der Waals surface area contributed by atoms with Gasteiger partial charge in [0.05, 0.1) is 0 Å². The molecule has 0 spiro atoms. The minimum absolute atomic E-state index is 0.713.